The van der Waals surface area contributed by atoms with Crippen LogP contribution in [0.4, 0.5) is 0 Å². The van der Waals surface area contributed by atoms with E-state index in [2.05, 4.69) is 15.2 Å². The highest BCUT2D eigenvalue weighted by atomic mass is 16.5. The minimum Gasteiger partial charge on any atom is -0.435 e. The van der Waals surface area contributed by atoms with Gasteiger partial charge in [0.05, 0.1) is 31.0 Å². The van der Waals surface area contributed by atoms with Crippen molar-refractivity contribution in [2.45, 2.75) is 50.6 Å². The topological polar surface area (TPSA) is 87.9 Å². The van der Waals surface area contributed by atoms with Gasteiger partial charge in [0.15, 0.2) is 5.89 Å². The number of hydrogen-bond donors (Lipinski definition) is 1. The number of aromatic nitrogens is 1. The fraction of sp³-hybridized carbons (Fsp3) is 0.737. The van der Waals surface area contributed by atoms with Gasteiger partial charge >= 0.3 is 0 Å². The fourth-order valence-corrected chi connectivity index (χ4v) is 4.33. The molecule has 1 aromatic heterocycles. The lowest BCUT2D eigenvalue weighted by molar-refractivity contribution is -0.124. The number of amides is 2. The summed E-state index contributed by atoms with van der Waals surface area (Å²) in [6.45, 7) is 8.09. The van der Waals surface area contributed by atoms with Crippen molar-refractivity contribution in [2.75, 3.05) is 39.4 Å². The van der Waals surface area contributed by atoms with Gasteiger partial charge in [0.1, 0.15) is 0 Å². The van der Waals surface area contributed by atoms with Crippen molar-refractivity contribution in [1.82, 2.24) is 20.1 Å². The van der Waals surface area contributed by atoms with Crippen molar-refractivity contribution in [2.24, 2.45) is 0 Å². The third-order valence-corrected chi connectivity index (χ3v) is 5.96. The Bertz CT molecular complexity index is 708. The maximum absolute atomic E-state index is 12.9. The molecule has 1 aromatic rings. The van der Waals surface area contributed by atoms with Gasteiger partial charge in [-0.3, -0.25) is 14.5 Å². The molecule has 8 nitrogen and oxygen atoms in total. The molecule has 3 saturated heterocycles. The number of oxazole rings is 1. The van der Waals surface area contributed by atoms with Gasteiger partial charge in [-0.15, -0.1) is 0 Å². The highest BCUT2D eigenvalue weighted by molar-refractivity contribution is 5.91. The molecule has 1 unspecified atom stereocenters. The van der Waals surface area contributed by atoms with Crippen molar-refractivity contribution in [1.29, 1.82) is 0 Å². The van der Waals surface area contributed by atoms with Gasteiger partial charge < -0.3 is 19.4 Å². The third-order valence-electron chi connectivity index (χ3n) is 5.96. The molecule has 148 valence electrons. The molecule has 8 heteroatoms. The maximum atomic E-state index is 12.9. The summed E-state index contributed by atoms with van der Waals surface area (Å²) in [6, 6.07) is 0.0104. The summed E-state index contributed by atoms with van der Waals surface area (Å²) < 4.78 is 11.4. The van der Waals surface area contributed by atoms with Gasteiger partial charge in [0.2, 0.25) is 11.7 Å². The molecule has 0 radical (unpaired) electrons. The zero-order valence-electron chi connectivity index (χ0n) is 16.1. The Morgan fingerprint density at radius 2 is 2.04 bits per heavy atom. The zero-order chi connectivity index (χ0) is 19.0. The Balaban J connectivity index is 1.38. The van der Waals surface area contributed by atoms with Crippen molar-refractivity contribution >= 4 is 11.8 Å². The molecule has 3 aliphatic heterocycles. The van der Waals surface area contributed by atoms with E-state index in [1.165, 1.54) is 0 Å². The van der Waals surface area contributed by atoms with Crippen molar-refractivity contribution in [3.05, 3.63) is 17.8 Å². The predicted octanol–water partition coefficient (Wildman–Crippen LogP) is 0.994. The largest absolute Gasteiger partial charge is 0.435 e. The van der Waals surface area contributed by atoms with E-state index >= 15 is 0 Å². The highest BCUT2D eigenvalue weighted by Gasteiger charge is 2.37. The molecule has 27 heavy (non-hydrogen) atoms. The van der Waals surface area contributed by atoms with Crippen LogP contribution >= 0.6 is 0 Å². The van der Waals surface area contributed by atoms with E-state index < -0.39 is 0 Å². The number of carbonyl (C=O) groups excluding carboxylic acids is 2. The van der Waals surface area contributed by atoms with Gasteiger partial charge in [-0.2, -0.15) is 0 Å². The van der Waals surface area contributed by atoms with E-state index in [4.69, 9.17) is 9.15 Å². The number of piperidine rings is 1. The van der Waals surface area contributed by atoms with Gasteiger partial charge in [-0.1, -0.05) is 0 Å². The van der Waals surface area contributed by atoms with Crippen LogP contribution in [0.5, 0.6) is 0 Å². The Hall–Kier alpha value is -1.93. The number of nitrogens with zero attached hydrogens (tertiary/aromatic N) is 3. The van der Waals surface area contributed by atoms with E-state index in [9.17, 15) is 9.59 Å². The average Bonchev–Trinajstić information content (AvgIpc) is 3.30. The van der Waals surface area contributed by atoms with Gasteiger partial charge in [-0.05, 0) is 46.2 Å². The first-order valence-corrected chi connectivity index (χ1v) is 9.83. The summed E-state index contributed by atoms with van der Waals surface area (Å²) in [4.78, 5) is 33.2. The fourth-order valence-electron chi connectivity index (χ4n) is 4.33. The smallest absolute Gasteiger partial charge is 0.291 e. The van der Waals surface area contributed by atoms with E-state index in [0.717, 1.165) is 38.9 Å². The predicted molar refractivity (Wildman–Crippen MR) is 97.4 cm³/mol. The van der Waals surface area contributed by atoms with Crippen molar-refractivity contribution < 1.29 is 18.7 Å². The number of nitrogens with one attached hydrogen (secondary N) is 1. The van der Waals surface area contributed by atoms with Crippen LogP contribution in [0.2, 0.25) is 0 Å². The molecule has 0 aromatic carbocycles. The minimum absolute atomic E-state index is 0.0104. The van der Waals surface area contributed by atoms with Crippen LogP contribution in [0.1, 0.15) is 55.5 Å². The Kier molecular flexibility index (Phi) is 4.94. The molecule has 0 saturated carbocycles. The molecule has 3 fully saturated rings. The molecule has 0 spiro atoms. The molecule has 1 N–H and O–H groups in total. The summed E-state index contributed by atoms with van der Waals surface area (Å²) in [6.07, 6.45) is 4.22. The van der Waals surface area contributed by atoms with E-state index in [-0.39, 0.29) is 29.3 Å². The molecular weight excluding hydrogens is 348 g/mol. The molecule has 4 rings (SSSR count). The van der Waals surface area contributed by atoms with Crippen LogP contribution in [0.3, 0.4) is 0 Å². The molecule has 2 amide bonds. The van der Waals surface area contributed by atoms with Crippen LogP contribution in [0.25, 0.3) is 0 Å². The number of morpholine rings is 1. The van der Waals surface area contributed by atoms with Crippen LogP contribution in [-0.2, 0) is 9.53 Å². The number of hydrogen-bond acceptors (Lipinski definition) is 6. The standard InChI is InChI=1S/C19H28N4O4/c1-19(2)12-26-10-9-23(19)18(25)15-11-21-17(27-15)13-4-7-22(8-5-13)14-3-6-20-16(14)24/h11,13-14H,3-10,12H2,1-2H3,(H,20,24). The van der Waals surface area contributed by atoms with Crippen LogP contribution in [-0.4, -0.2) is 77.6 Å². The number of rotatable bonds is 3. The summed E-state index contributed by atoms with van der Waals surface area (Å²) in [5, 5.41) is 2.90. The van der Waals surface area contributed by atoms with E-state index in [0.29, 0.717) is 31.4 Å². The SMILES string of the molecule is CC1(C)COCCN1C(=O)c1cnc(C2CCN(C3CCNC3=O)CC2)o1. The minimum atomic E-state index is -0.352. The Morgan fingerprint density at radius 3 is 2.70 bits per heavy atom. The molecule has 0 aliphatic carbocycles. The molecule has 1 atom stereocenters. The summed E-state index contributed by atoms with van der Waals surface area (Å²) >= 11 is 0. The number of likely N-dealkylation sites (tertiary alicyclic amines) is 1. The van der Waals surface area contributed by atoms with Crippen LogP contribution < -0.4 is 5.32 Å². The quantitative estimate of drug-likeness (QED) is 0.847. The normalized spacial score (nSPS) is 27.0. The average molecular weight is 376 g/mol. The van der Waals surface area contributed by atoms with Crippen LogP contribution in [0.15, 0.2) is 10.6 Å². The van der Waals surface area contributed by atoms with E-state index in [1.54, 1.807) is 6.20 Å². The van der Waals surface area contributed by atoms with Gasteiger partial charge in [0, 0.05) is 19.0 Å². The monoisotopic (exact) mass is 376 g/mol. The zero-order valence-corrected chi connectivity index (χ0v) is 16.1. The Morgan fingerprint density at radius 1 is 1.26 bits per heavy atom. The molecule has 3 aliphatic rings. The van der Waals surface area contributed by atoms with Crippen LogP contribution in [0, 0.1) is 0 Å². The summed E-state index contributed by atoms with van der Waals surface area (Å²) in [5.74, 6) is 1.16. The lowest BCUT2D eigenvalue weighted by Crippen LogP contribution is -2.55. The third kappa shape index (κ3) is 3.60. The Labute approximate surface area is 159 Å². The first-order chi connectivity index (χ1) is 13.0. The highest BCUT2D eigenvalue weighted by Crippen LogP contribution is 2.30. The summed E-state index contributed by atoms with van der Waals surface area (Å²) in [7, 11) is 0. The molecule has 4 heterocycles. The second kappa shape index (κ2) is 7.24. The second-order valence-corrected chi connectivity index (χ2v) is 8.29. The van der Waals surface area contributed by atoms with E-state index in [1.807, 2.05) is 18.7 Å². The maximum Gasteiger partial charge on any atom is 0.291 e. The van der Waals surface area contributed by atoms with Gasteiger partial charge in [0.25, 0.3) is 5.91 Å². The lowest BCUT2D eigenvalue weighted by atomic mass is 9.95. The molecular formula is C19H28N4O4. The van der Waals surface area contributed by atoms with Gasteiger partial charge in [-0.25, -0.2) is 4.98 Å². The first kappa shape index (κ1) is 18.4. The second-order valence-electron chi connectivity index (χ2n) is 8.29. The first-order valence-electron chi connectivity index (χ1n) is 9.83. The van der Waals surface area contributed by atoms with Crippen molar-refractivity contribution in [3.63, 3.8) is 0 Å². The number of ether oxygens (including phenoxy) is 1. The number of carbonyl (C=O) groups is 2. The summed E-state index contributed by atoms with van der Waals surface area (Å²) in [5.41, 5.74) is -0.352. The lowest BCUT2D eigenvalue weighted by Gasteiger charge is -2.41. The molecule has 0 bridgehead atoms. The van der Waals surface area contributed by atoms with Crippen molar-refractivity contribution in [3.8, 4) is 0 Å².